The fraction of sp³-hybridized carbons (Fsp3) is 0.211. The van der Waals surface area contributed by atoms with Crippen LogP contribution < -0.4 is 14.8 Å². The van der Waals surface area contributed by atoms with E-state index in [-0.39, 0.29) is 17.9 Å². The van der Waals surface area contributed by atoms with Gasteiger partial charge in [-0.25, -0.2) is 0 Å². The van der Waals surface area contributed by atoms with Crippen LogP contribution >= 0.6 is 0 Å². The Morgan fingerprint density at radius 2 is 1.96 bits per heavy atom. The lowest BCUT2D eigenvalue weighted by Crippen LogP contribution is -2.20. The van der Waals surface area contributed by atoms with Crippen molar-refractivity contribution in [3.05, 3.63) is 54.3 Å². The molecule has 0 saturated heterocycles. The van der Waals surface area contributed by atoms with Crippen molar-refractivity contribution in [2.45, 2.75) is 12.6 Å². The number of anilines is 1. The van der Waals surface area contributed by atoms with Crippen molar-refractivity contribution in [2.75, 3.05) is 19.0 Å². The summed E-state index contributed by atoms with van der Waals surface area (Å²) in [6.07, 6.45) is -3.00. The van der Waals surface area contributed by atoms with Crippen LogP contribution in [0.4, 0.5) is 18.9 Å². The van der Waals surface area contributed by atoms with Crippen molar-refractivity contribution in [1.82, 2.24) is 0 Å². The predicted molar refractivity (Wildman–Crippen MR) is 93.1 cm³/mol. The largest absolute Gasteiger partial charge is 0.497 e. The van der Waals surface area contributed by atoms with E-state index >= 15 is 0 Å². The molecular weight excluding hydrogens is 363 g/mol. The molecule has 142 valence electrons. The summed E-state index contributed by atoms with van der Waals surface area (Å²) in [7, 11) is 1.54. The molecule has 0 unspecified atom stereocenters. The molecule has 1 amide bonds. The number of carbonyl (C=O) groups is 1. The molecule has 0 atom stereocenters. The molecule has 3 rings (SSSR count). The van der Waals surface area contributed by atoms with Gasteiger partial charge in [-0.1, -0.05) is 12.1 Å². The number of methoxy groups -OCH3 is 1. The predicted octanol–water partition coefficient (Wildman–Crippen LogP) is 4.56. The quantitative estimate of drug-likeness (QED) is 0.682. The lowest BCUT2D eigenvalue weighted by atomic mass is 10.1. The first kappa shape index (κ1) is 18.6. The van der Waals surface area contributed by atoms with E-state index in [1.54, 1.807) is 24.3 Å². The first-order valence-corrected chi connectivity index (χ1v) is 7.98. The minimum atomic E-state index is -4.46. The minimum absolute atomic E-state index is 0.00701. The average molecular weight is 379 g/mol. The highest BCUT2D eigenvalue weighted by Gasteiger charge is 2.29. The third-order valence-corrected chi connectivity index (χ3v) is 3.77. The molecule has 2 aromatic carbocycles. The zero-order chi connectivity index (χ0) is 19.4. The Morgan fingerprint density at radius 3 is 2.70 bits per heavy atom. The van der Waals surface area contributed by atoms with Crippen LogP contribution in [0, 0.1) is 0 Å². The molecule has 0 saturated carbocycles. The van der Waals surface area contributed by atoms with Crippen molar-refractivity contribution in [3.63, 3.8) is 0 Å². The highest BCUT2D eigenvalue weighted by Crippen LogP contribution is 2.28. The normalized spacial score (nSPS) is 11.4. The van der Waals surface area contributed by atoms with Crippen molar-refractivity contribution in [3.8, 4) is 11.5 Å². The topological polar surface area (TPSA) is 60.7 Å². The van der Waals surface area contributed by atoms with Crippen molar-refractivity contribution in [1.29, 1.82) is 0 Å². The van der Waals surface area contributed by atoms with Gasteiger partial charge in [0, 0.05) is 17.0 Å². The number of furan rings is 1. The molecule has 1 N–H and O–H groups in total. The zero-order valence-corrected chi connectivity index (χ0v) is 14.3. The number of para-hydroxylation sites is 2. The van der Waals surface area contributed by atoms with Gasteiger partial charge < -0.3 is 19.2 Å². The van der Waals surface area contributed by atoms with Crippen LogP contribution in [-0.2, 0) is 11.2 Å². The van der Waals surface area contributed by atoms with Crippen molar-refractivity contribution in [2.24, 2.45) is 0 Å². The number of rotatable bonds is 6. The number of hydrogen-bond donors (Lipinski definition) is 1. The van der Waals surface area contributed by atoms with Crippen LogP contribution in [0.1, 0.15) is 5.56 Å². The van der Waals surface area contributed by atoms with E-state index in [2.05, 4.69) is 5.32 Å². The fourth-order valence-corrected chi connectivity index (χ4v) is 2.55. The maximum Gasteiger partial charge on any atom is 0.422 e. The van der Waals surface area contributed by atoms with Gasteiger partial charge in [-0.05, 0) is 24.3 Å². The van der Waals surface area contributed by atoms with E-state index in [9.17, 15) is 18.0 Å². The summed E-state index contributed by atoms with van der Waals surface area (Å²) in [5.41, 5.74) is 1.39. The van der Waals surface area contributed by atoms with E-state index < -0.39 is 18.7 Å². The summed E-state index contributed by atoms with van der Waals surface area (Å²) in [5, 5.41) is 3.33. The smallest absolute Gasteiger partial charge is 0.422 e. The summed E-state index contributed by atoms with van der Waals surface area (Å²) in [5.74, 6) is 0.171. The van der Waals surface area contributed by atoms with Crippen molar-refractivity contribution < 1.29 is 31.9 Å². The lowest BCUT2D eigenvalue weighted by Gasteiger charge is -2.13. The Labute approximate surface area is 152 Å². The second-order valence-corrected chi connectivity index (χ2v) is 5.75. The first-order chi connectivity index (χ1) is 12.9. The molecule has 1 heterocycles. The molecule has 3 aromatic rings. The van der Waals surface area contributed by atoms with Gasteiger partial charge in [0.25, 0.3) is 0 Å². The van der Waals surface area contributed by atoms with E-state index in [0.717, 1.165) is 5.39 Å². The Hall–Kier alpha value is -3.16. The molecule has 0 fully saturated rings. The van der Waals surface area contributed by atoms with Gasteiger partial charge in [-0.3, -0.25) is 4.79 Å². The summed E-state index contributed by atoms with van der Waals surface area (Å²) in [6, 6.07) is 11.2. The summed E-state index contributed by atoms with van der Waals surface area (Å²) in [4.78, 5) is 12.3. The van der Waals surface area contributed by atoms with Gasteiger partial charge in [0.2, 0.25) is 5.91 Å². The maximum absolute atomic E-state index is 12.4. The lowest BCUT2D eigenvalue weighted by molar-refractivity contribution is -0.153. The molecule has 0 bridgehead atoms. The van der Waals surface area contributed by atoms with Crippen molar-refractivity contribution >= 4 is 22.6 Å². The molecule has 5 nitrogen and oxygen atoms in total. The molecule has 0 aliphatic rings. The van der Waals surface area contributed by atoms with E-state index in [4.69, 9.17) is 13.9 Å². The Kier molecular flexibility index (Phi) is 5.25. The standard InChI is InChI=1S/C19H16F3NO4/c1-25-13-6-7-14-12(10-26-17(14)9-13)8-18(24)23-15-4-2-3-5-16(15)27-11-19(20,21)22/h2-7,9-10H,8,11H2,1H3,(H,23,24). The second-order valence-electron chi connectivity index (χ2n) is 5.75. The van der Waals surface area contributed by atoms with Crippen LogP contribution in [0.5, 0.6) is 11.5 Å². The average Bonchev–Trinajstić information content (AvgIpc) is 3.02. The summed E-state index contributed by atoms with van der Waals surface area (Å²) < 4.78 is 52.4. The van der Waals surface area contributed by atoms with Gasteiger partial charge in [0.1, 0.15) is 17.1 Å². The SMILES string of the molecule is COc1ccc2c(CC(=O)Nc3ccccc3OCC(F)(F)F)coc2c1. The molecule has 0 aliphatic heterocycles. The van der Waals surface area contributed by atoms with Crippen LogP contribution in [0.3, 0.4) is 0 Å². The zero-order valence-electron chi connectivity index (χ0n) is 14.3. The van der Waals surface area contributed by atoms with Crippen LogP contribution in [0.2, 0.25) is 0 Å². The highest BCUT2D eigenvalue weighted by molar-refractivity contribution is 5.96. The third-order valence-electron chi connectivity index (χ3n) is 3.77. The van der Waals surface area contributed by atoms with Crippen LogP contribution in [0.25, 0.3) is 11.0 Å². The van der Waals surface area contributed by atoms with Gasteiger partial charge in [0.15, 0.2) is 6.61 Å². The third kappa shape index (κ3) is 4.72. The number of amides is 1. The number of alkyl halides is 3. The first-order valence-electron chi connectivity index (χ1n) is 7.98. The van der Waals surface area contributed by atoms with Crippen LogP contribution in [-0.4, -0.2) is 25.8 Å². The molecule has 27 heavy (non-hydrogen) atoms. The monoisotopic (exact) mass is 379 g/mol. The molecule has 1 aromatic heterocycles. The number of nitrogens with one attached hydrogen (secondary N) is 1. The Bertz CT molecular complexity index is 950. The van der Waals surface area contributed by atoms with E-state index in [1.807, 2.05) is 0 Å². The van der Waals surface area contributed by atoms with Crippen LogP contribution in [0.15, 0.2) is 53.1 Å². The number of halogens is 3. The summed E-state index contributed by atoms with van der Waals surface area (Å²) >= 11 is 0. The van der Waals surface area contributed by atoms with Gasteiger partial charge in [0.05, 0.1) is 25.5 Å². The minimum Gasteiger partial charge on any atom is -0.497 e. The van der Waals surface area contributed by atoms with E-state index in [1.165, 1.54) is 31.6 Å². The molecule has 8 heteroatoms. The number of fused-ring (bicyclic) bond motifs is 1. The molecule has 0 aliphatic carbocycles. The van der Waals surface area contributed by atoms with Gasteiger partial charge >= 0.3 is 6.18 Å². The molecule has 0 spiro atoms. The van der Waals surface area contributed by atoms with E-state index in [0.29, 0.717) is 16.9 Å². The number of carbonyl (C=O) groups excluding carboxylic acids is 1. The molecular formula is C19H16F3NO4. The van der Waals surface area contributed by atoms with Gasteiger partial charge in [-0.2, -0.15) is 13.2 Å². The molecule has 0 radical (unpaired) electrons. The number of hydrogen-bond acceptors (Lipinski definition) is 4. The Morgan fingerprint density at radius 1 is 1.19 bits per heavy atom. The number of ether oxygens (including phenoxy) is 2. The number of benzene rings is 2. The highest BCUT2D eigenvalue weighted by atomic mass is 19.4. The fourth-order valence-electron chi connectivity index (χ4n) is 2.55. The summed E-state index contributed by atoms with van der Waals surface area (Å²) in [6.45, 7) is -1.44. The van der Waals surface area contributed by atoms with Gasteiger partial charge in [-0.15, -0.1) is 0 Å². The maximum atomic E-state index is 12.4. The second kappa shape index (κ2) is 7.61. The Balaban J connectivity index is 1.71.